The Balaban J connectivity index is 0.00000261. The molecular weight excluding hydrogens is 449 g/mol. The average molecular weight is 479 g/mol. The third-order valence-corrected chi connectivity index (χ3v) is 5.26. The molecule has 0 aromatic heterocycles. The second-order valence-corrected chi connectivity index (χ2v) is 7.00. The predicted octanol–water partition coefficient (Wildman–Crippen LogP) is 4.06. The van der Waals surface area contributed by atoms with Gasteiger partial charge in [0.25, 0.3) is 0 Å². The molecule has 5 heteroatoms. The fraction of sp³-hybridized carbons (Fsp3) is 0.409. The molecule has 1 saturated heterocycles. The fourth-order valence-corrected chi connectivity index (χ4v) is 3.69. The van der Waals surface area contributed by atoms with Gasteiger partial charge < -0.3 is 15.0 Å². The number of benzene rings is 2. The lowest BCUT2D eigenvalue weighted by molar-refractivity contribution is 0.0512. The molecule has 1 heterocycles. The summed E-state index contributed by atoms with van der Waals surface area (Å²) in [5, 5.41) is 3.62. The number of ether oxygens (including phenoxy) is 1. The van der Waals surface area contributed by atoms with Crippen molar-refractivity contribution in [2.45, 2.75) is 24.8 Å². The first kappa shape index (κ1) is 21.7. The Morgan fingerprint density at radius 3 is 2.22 bits per heavy atom. The van der Waals surface area contributed by atoms with E-state index in [1.54, 1.807) is 0 Å². The summed E-state index contributed by atoms with van der Waals surface area (Å²) in [6.45, 7) is 3.33. The molecule has 0 atom stereocenters. The number of hydrogen-bond donors (Lipinski definition) is 1. The van der Waals surface area contributed by atoms with E-state index in [9.17, 15) is 0 Å². The maximum Gasteiger partial charge on any atom is 0.193 e. The summed E-state index contributed by atoms with van der Waals surface area (Å²) >= 11 is 0. The predicted molar refractivity (Wildman–Crippen MR) is 123 cm³/mol. The summed E-state index contributed by atoms with van der Waals surface area (Å²) in [5.74, 6) is 0.927. The summed E-state index contributed by atoms with van der Waals surface area (Å²) < 4.78 is 5.64. The molecule has 2 aromatic carbocycles. The van der Waals surface area contributed by atoms with Crippen molar-refractivity contribution < 1.29 is 4.74 Å². The van der Waals surface area contributed by atoms with E-state index in [1.165, 1.54) is 11.1 Å². The number of guanidine groups is 1. The molecule has 3 rings (SSSR count). The molecular formula is C22H30IN3O. The average Bonchev–Trinajstić information content (AvgIpc) is 2.70. The largest absolute Gasteiger partial charge is 0.381 e. The SMILES string of the molecule is CN=C(NCC1(c2ccccc2)CCOCC1)N(C)Cc1ccccc1.I. The van der Waals surface area contributed by atoms with Crippen LogP contribution in [0.1, 0.15) is 24.0 Å². The van der Waals surface area contributed by atoms with Gasteiger partial charge in [-0.1, -0.05) is 60.7 Å². The number of aliphatic imine (C=N–C) groups is 1. The number of halogens is 1. The molecule has 1 fully saturated rings. The number of nitrogens with one attached hydrogen (secondary N) is 1. The monoisotopic (exact) mass is 479 g/mol. The quantitative estimate of drug-likeness (QED) is 0.399. The van der Waals surface area contributed by atoms with E-state index in [4.69, 9.17) is 4.74 Å². The fourth-order valence-electron chi connectivity index (χ4n) is 3.69. The molecule has 0 unspecified atom stereocenters. The van der Waals surface area contributed by atoms with Crippen LogP contribution < -0.4 is 5.32 Å². The van der Waals surface area contributed by atoms with Crippen LogP contribution in [0.15, 0.2) is 65.7 Å². The van der Waals surface area contributed by atoms with Crippen LogP contribution >= 0.6 is 24.0 Å². The maximum atomic E-state index is 5.64. The highest BCUT2D eigenvalue weighted by Gasteiger charge is 2.34. The van der Waals surface area contributed by atoms with Crippen LogP contribution in [0.2, 0.25) is 0 Å². The van der Waals surface area contributed by atoms with E-state index in [0.29, 0.717) is 0 Å². The first-order valence-electron chi connectivity index (χ1n) is 9.32. The van der Waals surface area contributed by atoms with E-state index in [1.807, 2.05) is 13.1 Å². The normalized spacial score (nSPS) is 16.3. The van der Waals surface area contributed by atoms with Crippen LogP contribution in [0.4, 0.5) is 0 Å². The minimum Gasteiger partial charge on any atom is -0.381 e. The molecule has 1 N–H and O–H groups in total. The van der Waals surface area contributed by atoms with Crippen molar-refractivity contribution in [1.29, 1.82) is 0 Å². The highest BCUT2D eigenvalue weighted by molar-refractivity contribution is 14.0. The summed E-state index contributed by atoms with van der Waals surface area (Å²) in [7, 11) is 3.94. The smallest absolute Gasteiger partial charge is 0.193 e. The summed E-state index contributed by atoms with van der Waals surface area (Å²) in [6, 6.07) is 21.3. The van der Waals surface area contributed by atoms with Gasteiger partial charge in [-0.3, -0.25) is 4.99 Å². The lowest BCUT2D eigenvalue weighted by atomic mass is 9.74. The topological polar surface area (TPSA) is 36.9 Å². The highest BCUT2D eigenvalue weighted by atomic mass is 127. The summed E-state index contributed by atoms with van der Waals surface area (Å²) in [5.41, 5.74) is 2.77. The summed E-state index contributed by atoms with van der Waals surface area (Å²) in [6.07, 6.45) is 2.06. The van der Waals surface area contributed by atoms with E-state index in [2.05, 4.69) is 76.9 Å². The van der Waals surface area contributed by atoms with Gasteiger partial charge in [0.1, 0.15) is 0 Å². The molecule has 0 spiro atoms. The van der Waals surface area contributed by atoms with Gasteiger partial charge in [0.15, 0.2) is 5.96 Å². The Bertz CT molecular complexity index is 700. The van der Waals surface area contributed by atoms with Gasteiger partial charge in [0, 0.05) is 45.8 Å². The van der Waals surface area contributed by atoms with Gasteiger partial charge in [-0.05, 0) is 24.0 Å². The number of hydrogen-bond acceptors (Lipinski definition) is 2. The number of nitrogens with zero attached hydrogens (tertiary/aromatic N) is 2. The van der Waals surface area contributed by atoms with Crippen LogP contribution in [0, 0.1) is 0 Å². The van der Waals surface area contributed by atoms with E-state index >= 15 is 0 Å². The Labute approximate surface area is 180 Å². The Morgan fingerprint density at radius 1 is 1.04 bits per heavy atom. The second-order valence-electron chi connectivity index (χ2n) is 7.00. The van der Waals surface area contributed by atoms with Gasteiger partial charge in [0.05, 0.1) is 0 Å². The maximum absolute atomic E-state index is 5.64. The van der Waals surface area contributed by atoms with Crippen molar-refractivity contribution in [2.24, 2.45) is 4.99 Å². The molecule has 0 saturated carbocycles. The van der Waals surface area contributed by atoms with Crippen molar-refractivity contribution in [2.75, 3.05) is 33.9 Å². The third-order valence-electron chi connectivity index (χ3n) is 5.26. The Kier molecular flexibility index (Phi) is 8.57. The molecule has 1 aliphatic rings. The molecule has 2 aromatic rings. The van der Waals surface area contributed by atoms with E-state index in [0.717, 1.165) is 45.1 Å². The molecule has 27 heavy (non-hydrogen) atoms. The molecule has 0 amide bonds. The lowest BCUT2D eigenvalue weighted by Gasteiger charge is -2.39. The van der Waals surface area contributed by atoms with E-state index in [-0.39, 0.29) is 29.4 Å². The molecule has 4 nitrogen and oxygen atoms in total. The van der Waals surface area contributed by atoms with Crippen LogP contribution in [0.3, 0.4) is 0 Å². The van der Waals surface area contributed by atoms with Crippen molar-refractivity contribution in [3.63, 3.8) is 0 Å². The minimum absolute atomic E-state index is 0. The van der Waals surface area contributed by atoms with Crippen molar-refractivity contribution >= 4 is 29.9 Å². The molecule has 0 bridgehead atoms. The number of rotatable bonds is 5. The van der Waals surface area contributed by atoms with Gasteiger partial charge in [-0.2, -0.15) is 0 Å². The third kappa shape index (κ3) is 5.69. The Hall–Kier alpha value is -1.60. The van der Waals surface area contributed by atoms with Crippen molar-refractivity contribution in [1.82, 2.24) is 10.2 Å². The zero-order valence-electron chi connectivity index (χ0n) is 16.2. The summed E-state index contributed by atoms with van der Waals surface area (Å²) in [4.78, 5) is 6.67. The minimum atomic E-state index is 0. The molecule has 1 aliphatic heterocycles. The molecule has 0 radical (unpaired) electrons. The van der Waals surface area contributed by atoms with Gasteiger partial charge in [-0.15, -0.1) is 24.0 Å². The lowest BCUT2D eigenvalue weighted by Crippen LogP contribution is -2.48. The van der Waals surface area contributed by atoms with Gasteiger partial charge >= 0.3 is 0 Å². The Morgan fingerprint density at radius 2 is 1.63 bits per heavy atom. The highest BCUT2D eigenvalue weighted by Crippen LogP contribution is 2.34. The van der Waals surface area contributed by atoms with E-state index < -0.39 is 0 Å². The van der Waals surface area contributed by atoms with Crippen LogP contribution in [-0.2, 0) is 16.7 Å². The first-order valence-corrected chi connectivity index (χ1v) is 9.32. The second kappa shape index (κ2) is 10.7. The van der Waals surface area contributed by atoms with Crippen molar-refractivity contribution in [3.05, 3.63) is 71.8 Å². The molecule has 0 aliphatic carbocycles. The van der Waals surface area contributed by atoms with Gasteiger partial charge in [-0.25, -0.2) is 0 Å². The zero-order valence-corrected chi connectivity index (χ0v) is 18.6. The van der Waals surface area contributed by atoms with Crippen LogP contribution in [0.25, 0.3) is 0 Å². The first-order chi connectivity index (χ1) is 12.7. The van der Waals surface area contributed by atoms with Crippen molar-refractivity contribution in [3.8, 4) is 0 Å². The van der Waals surface area contributed by atoms with Crippen LogP contribution in [0.5, 0.6) is 0 Å². The standard InChI is InChI=1S/C22H29N3O.HI/c1-23-21(25(2)17-19-9-5-3-6-10-19)24-18-22(13-15-26-16-14-22)20-11-7-4-8-12-20;/h3-12H,13-18H2,1-2H3,(H,23,24);1H. The van der Waals surface area contributed by atoms with Gasteiger partial charge in [0.2, 0.25) is 0 Å². The zero-order chi connectivity index (χ0) is 18.2. The van der Waals surface area contributed by atoms with Crippen LogP contribution in [-0.4, -0.2) is 44.7 Å². The molecule has 146 valence electrons.